The summed E-state index contributed by atoms with van der Waals surface area (Å²) in [5.41, 5.74) is 2.83. The van der Waals surface area contributed by atoms with Gasteiger partial charge in [-0.1, -0.05) is 44.2 Å². The molecule has 1 saturated heterocycles. The first-order valence-electron chi connectivity index (χ1n) is 10.7. The summed E-state index contributed by atoms with van der Waals surface area (Å²) in [7, 11) is 1.99. The van der Waals surface area contributed by atoms with Gasteiger partial charge >= 0.3 is 0 Å². The molecule has 0 radical (unpaired) electrons. The van der Waals surface area contributed by atoms with Crippen LogP contribution in [0.1, 0.15) is 57.1 Å². The highest BCUT2D eigenvalue weighted by Crippen LogP contribution is 2.32. The number of rotatable bonds is 7. The summed E-state index contributed by atoms with van der Waals surface area (Å²) in [5.74, 6) is 1.59. The number of benzene rings is 1. The summed E-state index contributed by atoms with van der Waals surface area (Å²) < 4.78 is 1.90. The van der Waals surface area contributed by atoms with Gasteiger partial charge in [-0.2, -0.15) is 5.10 Å². The molecule has 1 aliphatic heterocycles. The van der Waals surface area contributed by atoms with Crippen LogP contribution in [0.5, 0.6) is 0 Å². The minimum Gasteiger partial charge on any atom is -0.357 e. The Hall–Kier alpha value is -1.57. The molecule has 1 N–H and O–H groups in total. The Morgan fingerprint density at radius 1 is 1.21 bits per heavy atom. The Kier molecular flexibility index (Phi) is 8.99. The number of hydrogen-bond acceptors (Lipinski definition) is 2. The van der Waals surface area contributed by atoms with Gasteiger partial charge in [0.05, 0.1) is 12.7 Å². The second-order valence-corrected chi connectivity index (χ2v) is 7.90. The molecule has 1 aliphatic rings. The van der Waals surface area contributed by atoms with Gasteiger partial charge in [-0.05, 0) is 37.3 Å². The van der Waals surface area contributed by atoms with Crippen molar-refractivity contribution in [2.24, 2.45) is 12.0 Å². The second kappa shape index (κ2) is 11.0. The molecule has 1 unspecified atom stereocenters. The zero-order valence-electron chi connectivity index (χ0n) is 18.3. The van der Waals surface area contributed by atoms with Crippen LogP contribution in [0.2, 0.25) is 0 Å². The highest BCUT2D eigenvalue weighted by Gasteiger charge is 2.30. The summed E-state index contributed by atoms with van der Waals surface area (Å²) in [5, 5.41) is 7.87. The van der Waals surface area contributed by atoms with E-state index in [0.717, 1.165) is 51.4 Å². The van der Waals surface area contributed by atoms with Crippen LogP contribution < -0.4 is 5.32 Å². The lowest BCUT2D eigenvalue weighted by Crippen LogP contribution is -2.41. The molecule has 2 heterocycles. The van der Waals surface area contributed by atoms with Crippen molar-refractivity contribution >= 4 is 29.9 Å². The van der Waals surface area contributed by atoms with Gasteiger partial charge < -0.3 is 10.2 Å². The maximum absolute atomic E-state index is 5.13. The van der Waals surface area contributed by atoms with Gasteiger partial charge in [0.25, 0.3) is 0 Å². The normalized spacial score (nSPS) is 17.3. The molecule has 160 valence electrons. The van der Waals surface area contributed by atoms with E-state index in [1.54, 1.807) is 0 Å². The standard InChI is InChI=1S/C23H35N5.HI/c1-5-23(6-2,21-11-9-8-10-12-21)18-25-22(24-7-3)28-14-13-19(17-28)20-15-26-27(4)16-20;/h8-12,15-16,19H,5-7,13-14,17-18H2,1-4H3,(H,24,25);1H. The van der Waals surface area contributed by atoms with Crippen LogP contribution in [0, 0.1) is 0 Å². The highest BCUT2D eigenvalue weighted by atomic mass is 127. The van der Waals surface area contributed by atoms with Gasteiger partial charge in [0.1, 0.15) is 0 Å². The fourth-order valence-corrected chi connectivity index (χ4v) is 4.29. The van der Waals surface area contributed by atoms with E-state index in [1.165, 1.54) is 11.1 Å². The fraction of sp³-hybridized carbons (Fsp3) is 0.565. The number of likely N-dealkylation sites (tertiary alicyclic amines) is 1. The van der Waals surface area contributed by atoms with Gasteiger partial charge in [0, 0.05) is 44.2 Å². The van der Waals surface area contributed by atoms with Crippen LogP contribution in [-0.2, 0) is 12.5 Å². The number of hydrogen-bond donors (Lipinski definition) is 1. The molecule has 1 aromatic heterocycles. The maximum atomic E-state index is 5.13. The van der Waals surface area contributed by atoms with Crippen molar-refractivity contribution in [2.45, 2.75) is 51.4 Å². The van der Waals surface area contributed by atoms with Crippen LogP contribution in [0.25, 0.3) is 0 Å². The van der Waals surface area contributed by atoms with Crippen molar-refractivity contribution < 1.29 is 0 Å². The predicted molar refractivity (Wildman–Crippen MR) is 132 cm³/mol. The molecule has 5 nitrogen and oxygen atoms in total. The molecule has 2 aromatic rings. The van der Waals surface area contributed by atoms with Crippen LogP contribution in [0.4, 0.5) is 0 Å². The topological polar surface area (TPSA) is 45.5 Å². The third-order valence-electron chi connectivity index (χ3n) is 6.29. The smallest absolute Gasteiger partial charge is 0.193 e. The van der Waals surface area contributed by atoms with Gasteiger partial charge in [-0.15, -0.1) is 24.0 Å². The minimum atomic E-state index is 0. The average molecular weight is 509 g/mol. The van der Waals surface area contributed by atoms with Crippen molar-refractivity contribution in [3.63, 3.8) is 0 Å². The second-order valence-electron chi connectivity index (χ2n) is 7.90. The van der Waals surface area contributed by atoms with Gasteiger partial charge in [0.15, 0.2) is 5.96 Å². The van der Waals surface area contributed by atoms with Crippen molar-refractivity contribution in [3.05, 3.63) is 53.9 Å². The quantitative estimate of drug-likeness (QED) is 0.339. The van der Waals surface area contributed by atoms with Crippen molar-refractivity contribution in [2.75, 3.05) is 26.2 Å². The van der Waals surface area contributed by atoms with Crippen molar-refractivity contribution in [3.8, 4) is 0 Å². The number of aromatic nitrogens is 2. The molecule has 0 spiro atoms. The summed E-state index contributed by atoms with van der Waals surface area (Å²) in [6.07, 6.45) is 7.49. The monoisotopic (exact) mass is 509 g/mol. The first kappa shape index (κ1) is 23.7. The molecule has 1 atom stereocenters. The highest BCUT2D eigenvalue weighted by molar-refractivity contribution is 14.0. The van der Waals surface area contributed by atoms with E-state index in [2.05, 4.69) is 72.6 Å². The molecule has 0 aliphatic carbocycles. The molecular weight excluding hydrogens is 473 g/mol. The fourth-order valence-electron chi connectivity index (χ4n) is 4.29. The zero-order valence-corrected chi connectivity index (χ0v) is 20.6. The van der Waals surface area contributed by atoms with E-state index in [4.69, 9.17) is 4.99 Å². The lowest BCUT2D eigenvalue weighted by molar-refractivity contribution is 0.401. The average Bonchev–Trinajstić information content (AvgIpc) is 3.38. The first-order valence-corrected chi connectivity index (χ1v) is 10.7. The van der Waals surface area contributed by atoms with Gasteiger partial charge in [0.2, 0.25) is 0 Å². The maximum Gasteiger partial charge on any atom is 0.193 e. The molecule has 0 saturated carbocycles. The number of nitrogens with zero attached hydrogens (tertiary/aromatic N) is 4. The lowest BCUT2D eigenvalue weighted by Gasteiger charge is -2.32. The Balaban J connectivity index is 0.00000300. The lowest BCUT2D eigenvalue weighted by atomic mass is 9.76. The van der Waals surface area contributed by atoms with Gasteiger partial charge in [-0.25, -0.2) is 0 Å². The Bertz CT molecular complexity index is 767. The molecule has 3 rings (SSSR count). The third-order valence-corrected chi connectivity index (χ3v) is 6.29. The third kappa shape index (κ3) is 5.53. The van der Waals surface area contributed by atoms with Crippen LogP contribution in [0.15, 0.2) is 47.7 Å². The van der Waals surface area contributed by atoms with E-state index >= 15 is 0 Å². The molecular formula is C23H36IN5. The van der Waals surface area contributed by atoms with Crippen LogP contribution in [0.3, 0.4) is 0 Å². The summed E-state index contributed by atoms with van der Waals surface area (Å²) >= 11 is 0. The number of aryl methyl sites for hydroxylation is 1. The van der Waals surface area contributed by atoms with Crippen LogP contribution >= 0.6 is 24.0 Å². The minimum absolute atomic E-state index is 0. The predicted octanol–water partition coefficient (Wildman–Crippen LogP) is 4.55. The van der Waals surface area contributed by atoms with E-state index in [-0.39, 0.29) is 29.4 Å². The number of nitrogens with one attached hydrogen (secondary N) is 1. The van der Waals surface area contributed by atoms with E-state index < -0.39 is 0 Å². The first-order chi connectivity index (χ1) is 13.6. The zero-order chi connectivity index (χ0) is 20.0. The van der Waals surface area contributed by atoms with Crippen LogP contribution in [-0.4, -0.2) is 46.8 Å². The number of aliphatic imine (C=N–C) groups is 1. The summed E-state index contributed by atoms with van der Waals surface area (Å²) in [6.45, 7) is 10.5. The summed E-state index contributed by atoms with van der Waals surface area (Å²) in [4.78, 5) is 7.55. The van der Waals surface area contributed by atoms with Crippen molar-refractivity contribution in [1.82, 2.24) is 20.0 Å². The molecule has 6 heteroatoms. The summed E-state index contributed by atoms with van der Waals surface area (Å²) in [6, 6.07) is 10.9. The van der Waals surface area contributed by atoms with E-state index in [1.807, 2.05) is 17.9 Å². The van der Waals surface area contributed by atoms with Gasteiger partial charge in [-0.3, -0.25) is 9.67 Å². The van der Waals surface area contributed by atoms with Crippen molar-refractivity contribution in [1.29, 1.82) is 0 Å². The molecule has 0 amide bonds. The molecule has 1 aromatic carbocycles. The Morgan fingerprint density at radius 2 is 1.93 bits per heavy atom. The number of halogens is 1. The largest absolute Gasteiger partial charge is 0.357 e. The molecule has 0 bridgehead atoms. The van der Waals surface area contributed by atoms with E-state index in [9.17, 15) is 0 Å². The van der Waals surface area contributed by atoms with E-state index in [0.29, 0.717) is 5.92 Å². The SMILES string of the molecule is CCNC(=NCC(CC)(CC)c1ccccc1)N1CCC(c2cnn(C)c2)C1.I. The molecule has 1 fully saturated rings. The Morgan fingerprint density at radius 3 is 2.52 bits per heavy atom. The molecule has 29 heavy (non-hydrogen) atoms. The number of guanidine groups is 1. The Labute approximate surface area is 193 Å².